The van der Waals surface area contributed by atoms with Crippen molar-refractivity contribution in [2.24, 2.45) is 5.92 Å². The van der Waals surface area contributed by atoms with Crippen LogP contribution in [0.4, 0.5) is 0 Å². The Bertz CT molecular complexity index is 1170. The van der Waals surface area contributed by atoms with Gasteiger partial charge in [-0.15, -0.1) is 0 Å². The number of hydrogen-bond donors (Lipinski definition) is 0. The standard InChI is InChI=1S/C11H17NO.C9H9ClO2.C8H6ClN/c1-9-5-6-12(7-9)8-11-4-3-10(2)13-11;1-2-6-3-8-9(4-7(6)10)12-5-11-8;1-6-2-3-7(5-10)8(9)4-6/h3-4,9H,5-8H2,1-2H3;3-4H,2,5H2,1H3;2-4H,1H3/t9-;;/m0../s1. The van der Waals surface area contributed by atoms with E-state index in [1.165, 1.54) is 19.5 Å². The SMILES string of the molecule is CCc1cc2c(cc1Cl)OCO2.Cc1ccc(C#N)c(Cl)c1.Cc1ccc(CN2CC[C@H](C)C2)o1. The second kappa shape index (κ2) is 12.9. The van der Waals surface area contributed by atoms with Crippen molar-refractivity contribution >= 4 is 23.2 Å². The molecule has 0 amide bonds. The summed E-state index contributed by atoms with van der Waals surface area (Å²) in [5, 5.41) is 9.76. The molecule has 1 fully saturated rings. The van der Waals surface area contributed by atoms with Crippen molar-refractivity contribution in [3.05, 3.63) is 80.7 Å². The van der Waals surface area contributed by atoms with Gasteiger partial charge in [-0.2, -0.15) is 5.26 Å². The Kier molecular flexibility index (Phi) is 9.92. The van der Waals surface area contributed by atoms with Crippen LogP contribution < -0.4 is 9.47 Å². The van der Waals surface area contributed by atoms with E-state index < -0.39 is 0 Å². The molecule has 186 valence electrons. The Morgan fingerprint density at radius 2 is 1.77 bits per heavy atom. The third-order valence-electron chi connectivity index (χ3n) is 5.85. The van der Waals surface area contributed by atoms with Gasteiger partial charge in [0.2, 0.25) is 6.79 Å². The van der Waals surface area contributed by atoms with Gasteiger partial charge in [-0.05, 0) is 80.6 Å². The van der Waals surface area contributed by atoms with E-state index in [4.69, 9.17) is 42.4 Å². The summed E-state index contributed by atoms with van der Waals surface area (Å²) in [6.07, 6.45) is 2.25. The lowest BCUT2D eigenvalue weighted by Gasteiger charge is -2.12. The van der Waals surface area contributed by atoms with Gasteiger partial charge in [-0.1, -0.05) is 43.1 Å². The lowest BCUT2D eigenvalue weighted by molar-refractivity contribution is 0.174. The summed E-state index contributed by atoms with van der Waals surface area (Å²) >= 11 is 11.7. The van der Waals surface area contributed by atoms with Crippen molar-refractivity contribution in [2.75, 3.05) is 19.9 Å². The van der Waals surface area contributed by atoms with E-state index in [0.29, 0.717) is 17.4 Å². The molecule has 0 bridgehead atoms. The zero-order valence-electron chi connectivity index (χ0n) is 20.7. The molecular weight excluding hydrogens is 483 g/mol. The molecule has 2 aliphatic heterocycles. The second-order valence-electron chi connectivity index (χ2n) is 8.89. The zero-order valence-corrected chi connectivity index (χ0v) is 22.2. The van der Waals surface area contributed by atoms with Crippen LogP contribution >= 0.6 is 23.2 Å². The fraction of sp³-hybridized carbons (Fsp3) is 0.393. The molecule has 0 N–H and O–H groups in total. The molecule has 0 unspecified atom stereocenters. The molecule has 2 aromatic carbocycles. The summed E-state index contributed by atoms with van der Waals surface area (Å²) in [5.41, 5.74) is 2.71. The number of rotatable bonds is 3. The van der Waals surface area contributed by atoms with E-state index in [1.807, 2.05) is 44.2 Å². The fourth-order valence-corrected chi connectivity index (χ4v) is 4.47. The van der Waals surface area contributed by atoms with Crippen LogP contribution in [-0.4, -0.2) is 24.8 Å². The molecule has 0 radical (unpaired) electrons. The third-order valence-corrected chi connectivity index (χ3v) is 6.52. The summed E-state index contributed by atoms with van der Waals surface area (Å²) in [7, 11) is 0. The first-order valence-corrected chi connectivity index (χ1v) is 12.6. The Hall–Kier alpha value is -2.65. The summed E-state index contributed by atoms with van der Waals surface area (Å²) in [4.78, 5) is 2.46. The van der Waals surface area contributed by atoms with Crippen molar-refractivity contribution in [3.8, 4) is 17.6 Å². The number of benzene rings is 2. The highest BCUT2D eigenvalue weighted by Crippen LogP contribution is 2.36. The Morgan fingerprint density at radius 1 is 1.03 bits per heavy atom. The Balaban J connectivity index is 0.000000148. The smallest absolute Gasteiger partial charge is 0.231 e. The number of hydrogen-bond acceptors (Lipinski definition) is 5. The fourth-order valence-electron chi connectivity index (χ4n) is 3.90. The lowest BCUT2D eigenvalue weighted by Crippen LogP contribution is -2.19. The Morgan fingerprint density at radius 3 is 2.34 bits per heavy atom. The van der Waals surface area contributed by atoms with Crippen LogP contribution in [0.5, 0.6) is 11.5 Å². The predicted octanol–water partition coefficient (Wildman–Crippen LogP) is 7.58. The van der Waals surface area contributed by atoms with Crippen LogP contribution in [0.3, 0.4) is 0 Å². The van der Waals surface area contributed by atoms with Crippen molar-refractivity contribution in [1.82, 2.24) is 4.90 Å². The van der Waals surface area contributed by atoms with Crippen molar-refractivity contribution in [2.45, 2.75) is 47.1 Å². The molecule has 0 aliphatic carbocycles. The summed E-state index contributed by atoms with van der Waals surface area (Å²) < 4.78 is 15.9. The van der Waals surface area contributed by atoms with Crippen LogP contribution in [0.15, 0.2) is 46.9 Å². The molecule has 3 heterocycles. The van der Waals surface area contributed by atoms with E-state index in [0.717, 1.165) is 58.1 Å². The van der Waals surface area contributed by atoms with E-state index in [9.17, 15) is 0 Å². The number of nitriles is 1. The van der Waals surface area contributed by atoms with E-state index in [2.05, 4.69) is 24.8 Å². The molecular formula is C28H32Cl2N2O3. The minimum atomic E-state index is 0.304. The average molecular weight is 515 g/mol. The summed E-state index contributed by atoms with van der Waals surface area (Å²) in [6.45, 7) is 12.0. The number of likely N-dealkylation sites (tertiary alicyclic amines) is 1. The largest absolute Gasteiger partial charge is 0.465 e. The number of aryl methyl sites for hydroxylation is 3. The van der Waals surface area contributed by atoms with E-state index in [1.54, 1.807) is 12.1 Å². The normalized spacial score (nSPS) is 16.1. The van der Waals surface area contributed by atoms with Crippen molar-refractivity contribution < 1.29 is 13.9 Å². The highest BCUT2D eigenvalue weighted by atomic mass is 35.5. The van der Waals surface area contributed by atoms with Gasteiger partial charge < -0.3 is 13.9 Å². The Labute approximate surface area is 218 Å². The number of ether oxygens (including phenoxy) is 2. The second-order valence-corrected chi connectivity index (χ2v) is 9.70. The first-order valence-electron chi connectivity index (χ1n) is 11.8. The molecule has 1 aromatic heterocycles. The molecule has 7 heteroatoms. The van der Waals surface area contributed by atoms with Crippen molar-refractivity contribution in [3.63, 3.8) is 0 Å². The highest BCUT2D eigenvalue weighted by molar-refractivity contribution is 6.32. The predicted molar refractivity (Wildman–Crippen MR) is 140 cm³/mol. The summed E-state index contributed by atoms with van der Waals surface area (Å²) in [5.74, 6) is 4.53. The average Bonchev–Trinajstić information content (AvgIpc) is 3.56. The minimum Gasteiger partial charge on any atom is -0.465 e. The number of furan rings is 1. The molecule has 0 saturated carbocycles. The number of halogens is 2. The number of nitrogens with zero attached hydrogens (tertiary/aromatic N) is 2. The van der Waals surface area contributed by atoms with Crippen molar-refractivity contribution in [1.29, 1.82) is 5.26 Å². The summed E-state index contributed by atoms with van der Waals surface area (Å²) in [6, 6.07) is 15.2. The van der Waals surface area contributed by atoms with Crippen LogP contribution in [0.2, 0.25) is 10.0 Å². The first-order chi connectivity index (χ1) is 16.8. The van der Waals surface area contributed by atoms with Gasteiger partial charge in [-0.3, -0.25) is 4.90 Å². The highest BCUT2D eigenvalue weighted by Gasteiger charge is 2.19. The maximum atomic E-state index is 8.47. The van der Waals surface area contributed by atoms with E-state index >= 15 is 0 Å². The molecule has 5 rings (SSSR count). The molecule has 1 saturated heterocycles. The molecule has 5 nitrogen and oxygen atoms in total. The van der Waals surface area contributed by atoms with Gasteiger partial charge >= 0.3 is 0 Å². The number of fused-ring (bicyclic) bond motifs is 1. The first kappa shape index (κ1) is 26.9. The lowest BCUT2D eigenvalue weighted by atomic mass is 10.1. The quantitative estimate of drug-likeness (QED) is 0.360. The van der Waals surface area contributed by atoms with Gasteiger partial charge in [0.15, 0.2) is 11.5 Å². The maximum Gasteiger partial charge on any atom is 0.231 e. The van der Waals surface area contributed by atoms with Gasteiger partial charge in [-0.25, -0.2) is 0 Å². The molecule has 35 heavy (non-hydrogen) atoms. The van der Waals surface area contributed by atoms with Gasteiger partial charge in [0, 0.05) is 17.6 Å². The maximum absolute atomic E-state index is 8.47. The molecule has 0 spiro atoms. The van der Waals surface area contributed by atoms with Crippen LogP contribution in [0, 0.1) is 31.1 Å². The van der Waals surface area contributed by atoms with Crippen LogP contribution in [0.1, 0.15) is 48.5 Å². The van der Waals surface area contributed by atoms with Gasteiger partial charge in [0.25, 0.3) is 0 Å². The topological polar surface area (TPSA) is 58.6 Å². The van der Waals surface area contributed by atoms with E-state index in [-0.39, 0.29) is 0 Å². The minimum absolute atomic E-state index is 0.304. The van der Waals surface area contributed by atoms with Crippen LogP contribution in [0.25, 0.3) is 0 Å². The molecule has 3 aromatic rings. The van der Waals surface area contributed by atoms with Crippen LogP contribution in [-0.2, 0) is 13.0 Å². The molecule has 2 aliphatic rings. The van der Waals surface area contributed by atoms with Gasteiger partial charge in [0.1, 0.15) is 17.6 Å². The monoisotopic (exact) mass is 514 g/mol. The van der Waals surface area contributed by atoms with Gasteiger partial charge in [0.05, 0.1) is 17.1 Å². The zero-order chi connectivity index (χ0) is 25.4. The molecule has 1 atom stereocenters. The third kappa shape index (κ3) is 7.93.